The van der Waals surface area contributed by atoms with E-state index >= 15 is 0 Å². The Labute approximate surface area is 125 Å². The average Bonchev–Trinajstić information content (AvgIpc) is 2.46. The number of fused-ring (bicyclic) bond motifs is 1. The summed E-state index contributed by atoms with van der Waals surface area (Å²) >= 11 is 0. The molecule has 106 valence electrons. The molecule has 2 aromatic carbocycles. The van der Waals surface area contributed by atoms with Crippen LogP contribution < -0.4 is 17.3 Å². The molecule has 0 aliphatic carbocycles. The number of benzene rings is 2. The molecule has 4 heteroatoms. The number of esters is 1. The van der Waals surface area contributed by atoms with Crippen molar-refractivity contribution in [2.45, 2.75) is 0 Å². The molecule has 1 unspecified atom stereocenters. The van der Waals surface area contributed by atoms with Crippen molar-refractivity contribution in [3.8, 4) is 0 Å². The van der Waals surface area contributed by atoms with Gasteiger partial charge < -0.3 is 22.0 Å². The fourth-order valence-electron chi connectivity index (χ4n) is 2.10. The predicted molar refractivity (Wildman–Crippen MR) is 76.5 cm³/mol. The zero-order chi connectivity index (χ0) is 13.7. The van der Waals surface area contributed by atoms with E-state index in [0.717, 1.165) is 6.54 Å². The number of nitrogens with one attached hydrogen (secondary N) is 1. The highest BCUT2D eigenvalue weighted by molar-refractivity contribution is 5.90. The number of rotatable bonds is 5. The molecular formula is C16H18ClNO2. The van der Waals surface area contributed by atoms with Crippen LogP contribution in [0.5, 0.6) is 0 Å². The smallest absolute Gasteiger partial charge is 0.330 e. The Morgan fingerprint density at radius 1 is 1.25 bits per heavy atom. The third-order valence-corrected chi connectivity index (χ3v) is 3.14. The zero-order valence-electron chi connectivity index (χ0n) is 11.4. The summed E-state index contributed by atoms with van der Waals surface area (Å²) in [6, 6.07) is 14.5. The van der Waals surface area contributed by atoms with E-state index < -0.39 is 0 Å². The molecular weight excluding hydrogens is 274 g/mol. The van der Waals surface area contributed by atoms with Crippen molar-refractivity contribution in [1.82, 2.24) is 0 Å². The van der Waals surface area contributed by atoms with Gasteiger partial charge in [-0.05, 0) is 17.5 Å². The van der Waals surface area contributed by atoms with Crippen molar-refractivity contribution in [3.63, 3.8) is 0 Å². The molecule has 1 N–H and O–H groups in total. The highest BCUT2D eigenvalue weighted by Gasteiger charge is 2.10. The van der Waals surface area contributed by atoms with Crippen LogP contribution in [0.15, 0.2) is 55.1 Å². The van der Waals surface area contributed by atoms with E-state index in [4.69, 9.17) is 4.74 Å². The number of ether oxygens (including phenoxy) is 1. The van der Waals surface area contributed by atoms with Crippen LogP contribution in [0.1, 0.15) is 0 Å². The van der Waals surface area contributed by atoms with Gasteiger partial charge in [-0.2, -0.15) is 0 Å². The summed E-state index contributed by atoms with van der Waals surface area (Å²) in [5, 5.41) is 2.46. The van der Waals surface area contributed by atoms with E-state index in [1.165, 1.54) is 27.4 Å². The monoisotopic (exact) mass is 291 g/mol. The summed E-state index contributed by atoms with van der Waals surface area (Å²) < 4.78 is 5.02. The normalized spacial score (nSPS) is 11.4. The number of hydrogen-bond donors (Lipinski definition) is 1. The second kappa shape index (κ2) is 7.68. The van der Waals surface area contributed by atoms with Crippen molar-refractivity contribution < 1.29 is 26.8 Å². The number of carbonyl (C=O) groups is 1. The predicted octanol–water partition coefficient (Wildman–Crippen LogP) is -1.28. The second-order valence-electron chi connectivity index (χ2n) is 4.43. The second-order valence-corrected chi connectivity index (χ2v) is 4.43. The SMILES string of the molecule is C=CC(=O)OCC[NH+](C)c1cccc2ccccc12.[Cl-]. The minimum atomic E-state index is -0.370. The van der Waals surface area contributed by atoms with Gasteiger partial charge in [0.1, 0.15) is 18.8 Å². The molecule has 0 aromatic heterocycles. The molecule has 0 heterocycles. The summed E-state index contributed by atoms with van der Waals surface area (Å²) in [5.41, 5.74) is 1.22. The van der Waals surface area contributed by atoms with Crippen LogP contribution in [0.2, 0.25) is 0 Å². The van der Waals surface area contributed by atoms with Crippen molar-refractivity contribution >= 4 is 22.4 Å². The summed E-state index contributed by atoms with van der Waals surface area (Å²) in [4.78, 5) is 12.2. The molecule has 3 nitrogen and oxygen atoms in total. The lowest BCUT2D eigenvalue weighted by atomic mass is 10.1. The third kappa shape index (κ3) is 3.83. The lowest BCUT2D eigenvalue weighted by molar-refractivity contribution is -0.809. The molecule has 0 saturated carbocycles. The third-order valence-electron chi connectivity index (χ3n) is 3.14. The zero-order valence-corrected chi connectivity index (χ0v) is 12.2. The van der Waals surface area contributed by atoms with Crippen LogP contribution in [0.25, 0.3) is 10.8 Å². The number of likely N-dealkylation sites (N-methyl/N-ethyl adjacent to an activating group) is 1. The van der Waals surface area contributed by atoms with E-state index in [9.17, 15) is 4.79 Å². The summed E-state index contributed by atoms with van der Waals surface area (Å²) in [7, 11) is 2.07. The number of halogens is 1. The summed E-state index contributed by atoms with van der Waals surface area (Å²) in [6.07, 6.45) is 1.19. The minimum absolute atomic E-state index is 0. The summed E-state index contributed by atoms with van der Waals surface area (Å²) in [6.45, 7) is 4.49. The van der Waals surface area contributed by atoms with Gasteiger partial charge in [-0.3, -0.25) is 0 Å². The molecule has 1 atom stereocenters. The fourth-order valence-corrected chi connectivity index (χ4v) is 2.10. The maximum Gasteiger partial charge on any atom is 0.330 e. The molecule has 0 bridgehead atoms. The quantitative estimate of drug-likeness (QED) is 0.550. The molecule has 0 amide bonds. The highest BCUT2D eigenvalue weighted by atomic mass is 35.5. The molecule has 2 rings (SSSR count). The van der Waals surface area contributed by atoms with Crippen molar-refractivity contribution in [1.29, 1.82) is 0 Å². The molecule has 0 aliphatic rings. The Morgan fingerprint density at radius 2 is 1.95 bits per heavy atom. The Bertz CT molecular complexity index is 593. The van der Waals surface area contributed by atoms with E-state index in [-0.39, 0.29) is 18.4 Å². The number of hydrogen-bond acceptors (Lipinski definition) is 2. The Balaban J connectivity index is 0.00000200. The van der Waals surface area contributed by atoms with Gasteiger partial charge in [-0.25, -0.2) is 4.79 Å². The molecule has 2 aromatic rings. The van der Waals surface area contributed by atoms with Crippen molar-refractivity contribution in [3.05, 3.63) is 55.1 Å². The number of quaternary nitrogens is 1. The topological polar surface area (TPSA) is 30.7 Å². The molecule has 0 spiro atoms. The minimum Gasteiger partial charge on any atom is -1.00 e. The van der Waals surface area contributed by atoms with Gasteiger partial charge in [-0.1, -0.05) is 36.9 Å². The van der Waals surface area contributed by atoms with Gasteiger partial charge >= 0.3 is 5.97 Å². The standard InChI is InChI=1S/C16H17NO2.ClH/c1-3-16(18)19-12-11-17(2)15-10-6-8-13-7-4-5-9-14(13)15;/h3-10H,1,11-12H2,2H3;1H. The number of carbonyl (C=O) groups excluding carboxylic acids is 1. The lowest BCUT2D eigenvalue weighted by Gasteiger charge is -2.15. The first-order valence-electron chi connectivity index (χ1n) is 6.32. The van der Waals surface area contributed by atoms with Crippen LogP contribution in [0.3, 0.4) is 0 Å². The van der Waals surface area contributed by atoms with Crippen molar-refractivity contribution in [2.24, 2.45) is 0 Å². The van der Waals surface area contributed by atoms with E-state index in [1.54, 1.807) is 0 Å². The Kier molecular flexibility index (Phi) is 6.22. The highest BCUT2D eigenvalue weighted by Crippen LogP contribution is 2.19. The van der Waals surface area contributed by atoms with Gasteiger partial charge in [0, 0.05) is 11.5 Å². The largest absolute Gasteiger partial charge is 1.00 e. The first-order chi connectivity index (χ1) is 9.22. The lowest BCUT2D eigenvalue weighted by Crippen LogP contribution is -3.04. The maximum atomic E-state index is 11.0. The van der Waals surface area contributed by atoms with Crippen LogP contribution in [0.4, 0.5) is 5.69 Å². The van der Waals surface area contributed by atoms with Crippen LogP contribution >= 0.6 is 0 Å². The van der Waals surface area contributed by atoms with Crippen molar-refractivity contribution in [2.75, 3.05) is 20.2 Å². The average molecular weight is 292 g/mol. The van der Waals surface area contributed by atoms with Gasteiger partial charge in [0.25, 0.3) is 0 Å². The Hall–Kier alpha value is -1.84. The van der Waals surface area contributed by atoms with Gasteiger partial charge in [0.2, 0.25) is 0 Å². The first kappa shape index (κ1) is 16.2. The first-order valence-corrected chi connectivity index (χ1v) is 6.32. The van der Waals surface area contributed by atoms with Crippen LogP contribution in [-0.2, 0) is 9.53 Å². The summed E-state index contributed by atoms with van der Waals surface area (Å²) in [5.74, 6) is -0.370. The van der Waals surface area contributed by atoms with Crippen LogP contribution in [-0.4, -0.2) is 26.2 Å². The maximum absolute atomic E-state index is 11.0. The van der Waals surface area contributed by atoms with E-state index in [0.29, 0.717) is 6.61 Å². The van der Waals surface area contributed by atoms with E-state index in [2.05, 4.69) is 44.0 Å². The van der Waals surface area contributed by atoms with E-state index in [1.807, 2.05) is 12.1 Å². The fraction of sp³-hybridized carbons (Fsp3) is 0.188. The molecule has 0 saturated heterocycles. The Morgan fingerprint density at radius 3 is 2.70 bits per heavy atom. The molecule has 0 fully saturated rings. The van der Waals surface area contributed by atoms with Gasteiger partial charge in [0.15, 0.2) is 0 Å². The molecule has 0 aliphatic heterocycles. The molecule has 20 heavy (non-hydrogen) atoms. The molecule has 0 radical (unpaired) electrons. The van der Waals surface area contributed by atoms with Crippen LogP contribution in [0, 0.1) is 0 Å². The van der Waals surface area contributed by atoms with Gasteiger partial charge in [0.05, 0.1) is 7.05 Å². The van der Waals surface area contributed by atoms with Gasteiger partial charge in [-0.15, -0.1) is 0 Å².